The molecule has 156 valence electrons. The van der Waals surface area contributed by atoms with Crippen LogP contribution in [0.25, 0.3) is 0 Å². The van der Waals surface area contributed by atoms with E-state index in [9.17, 15) is 4.79 Å². The molecule has 0 aliphatic carbocycles. The quantitative estimate of drug-likeness (QED) is 0.743. The highest BCUT2D eigenvalue weighted by atomic mass is 16.5. The molecule has 2 aliphatic rings. The predicted molar refractivity (Wildman–Crippen MR) is 113 cm³/mol. The fourth-order valence-electron chi connectivity index (χ4n) is 4.34. The van der Waals surface area contributed by atoms with Crippen LogP contribution >= 0.6 is 0 Å². The molecule has 1 N–H and O–H groups in total. The number of rotatable bonds is 8. The maximum atomic E-state index is 12.8. The third-order valence-electron chi connectivity index (χ3n) is 5.85. The van der Waals surface area contributed by atoms with Crippen LogP contribution in [0.4, 0.5) is 0 Å². The minimum absolute atomic E-state index is 0.106. The summed E-state index contributed by atoms with van der Waals surface area (Å²) < 4.78 is 5.50. The fourth-order valence-corrected chi connectivity index (χ4v) is 4.34. The molecule has 2 aliphatic heterocycles. The number of likely N-dealkylation sites (tertiary alicyclic amines) is 1. The van der Waals surface area contributed by atoms with E-state index in [2.05, 4.69) is 59.3 Å². The molecule has 5 nitrogen and oxygen atoms in total. The standard InChI is InChI=1S/C23H37N3O2/c1-19(2)15-24-23(27)22-14-21(16-25-10-12-28-13-11-25)17-26(18-22)9-8-20-6-4-3-5-7-20/h3-7,19,21-22H,8-18H2,1-2H3,(H,24,27)/t21-,22-/m1/s1. The number of amides is 1. The predicted octanol–water partition coefficient (Wildman–Crippen LogP) is 2.27. The zero-order valence-electron chi connectivity index (χ0n) is 17.6. The van der Waals surface area contributed by atoms with E-state index in [4.69, 9.17) is 4.74 Å². The van der Waals surface area contributed by atoms with Gasteiger partial charge in [-0.3, -0.25) is 9.69 Å². The van der Waals surface area contributed by atoms with Crippen LogP contribution in [0.15, 0.2) is 30.3 Å². The van der Waals surface area contributed by atoms with Crippen molar-refractivity contribution in [1.29, 1.82) is 0 Å². The molecule has 2 saturated heterocycles. The molecular formula is C23H37N3O2. The van der Waals surface area contributed by atoms with Gasteiger partial charge in [0.15, 0.2) is 0 Å². The summed E-state index contributed by atoms with van der Waals surface area (Å²) in [5, 5.41) is 3.17. The summed E-state index contributed by atoms with van der Waals surface area (Å²) in [5.74, 6) is 1.39. The fraction of sp³-hybridized carbons (Fsp3) is 0.696. The lowest BCUT2D eigenvalue weighted by Gasteiger charge is -2.40. The van der Waals surface area contributed by atoms with Gasteiger partial charge in [-0.15, -0.1) is 0 Å². The van der Waals surface area contributed by atoms with Gasteiger partial charge in [0.2, 0.25) is 5.91 Å². The topological polar surface area (TPSA) is 44.8 Å². The molecule has 3 rings (SSSR count). The second-order valence-corrected chi connectivity index (χ2v) is 8.85. The van der Waals surface area contributed by atoms with E-state index < -0.39 is 0 Å². The second-order valence-electron chi connectivity index (χ2n) is 8.85. The molecule has 0 saturated carbocycles. The van der Waals surface area contributed by atoms with Gasteiger partial charge < -0.3 is 15.0 Å². The molecular weight excluding hydrogens is 350 g/mol. The monoisotopic (exact) mass is 387 g/mol. The zero-order valence-corrected chi connectivity index (χ0v) is 17.6. The number of nitrogens with zero attached hydrogens (tertiary/aromatic N) is 2. The van der Waals surface area contributed by atoms with E-state index in [1.54, 1.807) is 0 Å². The van der Waals surface area contributed by atoms with Crippen LogP contribution < -0.4 is 5.32 Å². The Morgan fingerprint density at radius 1 is 1.14 bits per heavy atom. The summed E-state index contributed by atoms with van der Waals surface area (Å²) in [6.45, 7) is 12.9. The highest BCUT2D eigenvalue weighted by Crippen LogP contribution is 2.24. The minimum Gasteiger partial charge on any atom is -0.379 e. The first kappa shape index (κ1) is 21.3. The largest absolute Gasteiger partial charge is 0.379 e. The number of benzene rings is 1. The van der Waals surface area contributed by atoms with E-state index in [0.717, 1.165) is 71.9 Å². The maximum Gasteiger partial charge on any atom is 0.224 e. The van der Waals surface area contributed by atoms with Crippen molar-refractivity contribution >= 4 is 5.91 Å². The van der Waals surface area contributed by atoms with Gasteiger partial charge in [0, 0.05) is 45.8 Å². The van der Waals surface area contributed by atoms with Gasteiger partial charge in [-0.05, 0) is 30.2 Å². The van der Waals surface area contributed by atoms with Crippen molar-refractivity contribution < 1.29 is 9.53 Å². The van der Waals surface area contributed by atoms with Gasteiger partial charge in [0.05, 0.1) is 19.1 Å². The molecule has 0 radical (unpaired) electrons. The molecule has 0 spiro atoms. The average molecular weight is 388 g/mol. The molecule has 1 aromatic rings. The average Bonchev–Trinajstić information content (AvgIpc) is 2.72. The van der Waals surface area contributed by atoms with Crippen LogP contribution in [0, 0.1) is 17.8 Å². The lowest BCUT2D eigenvalue weighted by Crippen LogP contribution is -2.50. The number of hydrogen-bond donors (Lipinski definition) is 1. The van der Waals surface area contributed by atoms with Gasteiger partial charge >= 0.3 is 0 Å². The number of piperidine rings is 1. The van der Waals surface area contributed by atoms with E-state index in [-0.39, 0.29) is 11.8 Å². The molecule has 28 heavy (non-hydrogen) atoms. The van der Waals surface area contributed by atoms with E-state index >= 15 is 0 Å². The summed E-state index contributed by atoms with van der Waals surface area (Å²) in [5.41, 5.74) is 1.37. The highest BCUT2D eigenvalue weighted by Gasteiger charge is 2.32. The minimum atomic E-state index is 0.106. The smallest absolute Gasteiger partial charge is 0.224 e. The van der Waals surface area contributed by atoms with Gasteiger partial charge in [-0.2, -0.15) is 0 Å². The molecule has 0 bridgehead atoms. The van der Waals surface area contributed by atoms with Crippen LogP contribution in [0.1, 0.15) is 25.8 Å². The van der Waals surface area contributed by atoms with E-state index in [1.807, 2.05) is 0 Å². The lowest BCUT2D eigenvalue weighted by atomic mass is 9.87. The van der Waals surface area contributed by atoms with Crippen LogP contribution in [0.5, 0.6) is 0 Å². The lowest BCUT2D eigenvalue weighted by molar-refractivity contribution is -0.127. The third-order valence-corrected chi connectivity index (χ3v) is 5.85. The molecule has 2 heterocycles. The molecule has 5 heteroatoms. The van der Waals surface area contributed by atoms with Crippen molar-refractivity contribution in [2.45, 2.75) is 26.7 Å². The van der Waals surface area contributed by atoms with Crippen LogP contribution in [0.2, 0.25) is 0 Å². The number of carbonyl (C=O) groups excluding carboxylic acids is 1. The Kier molecular flexibility index (Phi) is 8.31. The normalized spacial score (nSPS) is 24.4. The molecule has 1 amide bonds. The summed E-state index contributed by atoms with van der Waals surface area (Å²) in [6, 6.07) is 10.7. The van der Waals surface area contributed by atoms with Crippen LogP contribution in [-0.2, 0) is 16.0 Å². The Bertz CT molecular complexity index is 587. The number of carbonyl (C=O) groups is 1. The van der Waals surface area contributed by atoms with Crippen molar-refractivity contribution in [2.24, 2.45) is 17.8 Å². The van der Waals surface area contributed by atoms with Crippen molar-refractivity contribution in [1.82, 2.24) is 15.1 Å². The first-order valence-electron chi connectivity index (χ1n) is 10.9. The van der Waals surface area contributed by atoms with Gasteiger partial charge in [-0.25, -0.2) is 0 Å². The van der Waals surface area contributed by atoms with Gasteiger partial charge in [0.25, 0.3) is 0 Å². The Hall–Kier alpha value is -1.43. The summed E-state index contributed by atoms with van der Waals surface area (Å²) in [4.78, 5) is 17.8. The van der Waals surface area contributed by atoms with Crippen LogP contribution in [-0.4, -0.2) is 74.7 Å². The molecule has 0 aromatic heterocycles. The maximum absolute atomic E-state index is 12.8. The molecule has 0 unspecified atom stereocenters. The number of hydrogen-bond acceptors (Lipinski definition) is 4. The second kappa shape index (κ2) is 10.9. The van der Waals surface area contributed by atoms with Crippen molar-refractivity contribution in [3.8, 4) is 0 Å². The number of ether oxygens (including phenoxy) is 1. The van der Waals surface area contributed by atoms with E-state index in [0.29, 0.717) is 11.8 Å². The third kappa shape index (κ3) is 6.87. The molecule has 2 atom stereocenters. The number of morpholine rings is 1. The highest BCUT2D eigenvalue weighted by molar-refractivity contribution is 5.79. The van der Waals surface area contributed by atoms with Gasteiger partial charge in [0.1, 0.15) is 0 Å². The first-order valence-corrected chi connectivity index (χ1v) is 10.9. The van der Waals surface area contributed by atoms with Crippen molar-refractivity contribution in [3.05, 3.63) is 35.9 Å². The SMILES string of the molecule is CC(C)CNC(=O)[C@@H]1C[C@H](CN2CCOCC2)CN(CCc2ccccc2)C1. The van der Waals surface area contributed by atoms with Crippen LogP contribution in [0.3, 0.4) is 0 Å². The Labute approximate surface area is 170 Å². The van der Waals surface area contributed by atoms with Crippen molar-refractivity contribution in [2.75, 3.05) is 59.0 Å². The molecule has 2 fully saturated rings. The Morgan fingerprint density at radius 2 is 1.89 bits per heavy atom. The van der Waals surface area contributed by atoms with Gasteiger partial charge in [-0.1, -0.05) is 44.2 Å². The Balaban J connectivity index is 1.58. The van der Waals surface area contributed by atoms with Crippen molar-refractivity contribution in [3.63, 3.8) is 0 Å². The summed E-state index contributed by atoms with van der Waals surface area (Å²) in [6.07, 6.45) is 2.05. The Morgan fingerprint density at radius 3 is 2.61 bits per heavy atom. The first-order chi connectivity index (χ1) is 13.6. The zero-order chi connectivity index (χ0) is 19.8. The molecule has 1 aromatic carbocycles. The summed E-state index contributed by atoms with van der Waals surface area (Å²) in [7, 11) is 0. The van der Waals surface area contributed by atoms with E-state index in [1.165, 1.54) is 5.56 Å². The number of nitrogens with one attached hydrogen (secondary N) is 1. The summed E-state index contributed by atoms with van der Waals surface area (Å²) >= 11 is 0.